The summed E-state index contributed by atoms with van der Waals surface area (Å²) in [4.78, 5) is 23.3. The molecule has 1 fully saturated rings. The molecule has 5 nitrogen and oxygen atoms in total. The molecule has 0 radical (unpaired) electrons. The number of amides is 1. The number of nitrogen functional groups attached to an aromatic ring is 1. The van der Waals surface area contributed by atoms with Gasteiger partial charge in [-0.25, -0.2) is 4.98 Å². The average molecular weight is 437 g/mol. The van der Waals surface area contributed by atoms with E-state index in [0.717, 1.165) is 55.1 Å². The summed E-state index contributed by atoms with van der Waals surface area (Å²) in [5.41, 5.74) is 10.6. The van der Waals surface area contributed by atoms with E-state index in [2.05, 4.69) is 40.3 Å². The number of piperidine rings is 1. The largest absolute Gasteiger partial charge is 0.383 e. The summed E-state index contributed by atoms with van der Waals surface area (Å²) in [5, 5.41) is 2.13. The lowest BCUT2D eigenvalue weighted by molar-refractivity contribution is 0.0713. The van der Waals surface area contributed by atoms with Gasteiger partial charge in [-0.1, -0.05) is 24.3 Å². The van der Waals surface area contributed by atoms with Crippen LogP contribution in [0.15, 0.2) is 79.3 Å². The SMILES string of the molecule is Nc1nccc2ccc(C3CCN(C(=O)c4ccc(CCc5ccncc5)cc4)CC3)cc12. The molecule has 3 heterocycles. The molecule has 2 aromatic heterocycles. The highest BCUT2D eigenvalue weighted by atomic mass is 16.2. The molecular weight excluding hydrogens is 408 g/mol. The molecule has 0 aliphatic carbocycles. The first-order chi connectivity index (χ1) is 16.2. The van der Waals surface area contributed by atoms with Crippen LogP contribution in [0.25, 0.3) is 10.8 Å². The maximum atomic E-state index is 13.0. The average Bonchev–Trinajstić information content (AvgIpc) is 2.88. The monoisotopic (exact) mass is 436 g/mol. The lowest BCUT2D eigenvalue weighted by Gasteiger charge is -2.32. The number of nitrogens with zero attached hydrogens (tertiary/aromatic N) is 3. The second-order valence-electron chi connectivity index (χ2n) is 8.80. The highest BCUT2D eigenvalue weighted by Gasteiger charge is 2.25. The second kappa shape index (κ2) is 9.41. The zero-order valence-corrected chi connectivity index (χ0v) is 18.7. The van der Waals surface area contributed by atoms with E-state index in [9.17, 15) is 4.79 Å². The number of aromatic nitrogens is 2. The molecule has 0 spiro atoms. The fourth-order valence-corrected chi connectivity index (χ4v) is 4.71. The molecule has 2 aromatic carbocycles. The molecule has 0 unspecified atom stereocenters. The number of nitrogens with two attached hydrogens (primary N) is 1. The van der Waals surface area contributed by atoms with Crippen molar-refractivity contribution < 1.29 is 4.79 Å². The molecule has 166 valence electrons. The van der Waals surface area contributed by atoms with Crippen molar-refractivity contribution in [2.24, 2.45) is 0 Å². The van der Waals surface area contributed by atoms with E-state index in [1.165, 1.54) is 16.7 Å². The highest BCUT2D eigenvalue weighted by Crippen LogP contribution is 2.31. The summed E-state index contributed by atoms with van der Waals surface area (Å²) >= 11 is 0. The van der Waals surface area contributed by atoms with Crippen LogP contribution in [0.5, 0.6) is 0 Å². The van der Waals surface area contributed by atoms with E-state index in [0.29, 0.717) is 11.7 Å². The molecular formula is C28H28N4O. The van der Waals surface area contributed by atoms with E-state index >= 15 is 0 Å². The number of carbonyl (C=O) groups is 1. The Kier molecular flexibility index (Phi) is 6.03. The molecule has 4 aromatic rings. The van der Waals surface area contributed by atoms with Gasteiger partial charge in [0.2, 0.25) is 0 Å². The number of anilines is 1. The molecule has 1 amide bonds. The smallest absolute Gasteiger partial charge is 0.253 e. The van der Waals surface area contributed by atoms with Crippen LogP contribution < -0.4 is 5.73 Å². The lowest BCUT2D eigenvalue weighted by Crippen LogP contribution is -2.37. The Morgan fingerprint density at radius 2 is 1.58 bits per heavy atom. The zero-order valence-electron chi connectivity index (χ0n) is 18.7. The van der Waals surface area contributed by atoms with Crippen molar-refractivity contribution in [1.82, 2.24) is 14.9 Å². The minimum Gasteiger partial charge on any atom is -0.383 e. The van der Waals surface area contributed by atoms with Crippen LogP contribution in [0, 0.1) is 0 Å². The van der Waals surface area contributed by atoms with Crippen LogP contribution in [0.4, 0.5) is 5.82 Å². The van der Waals surface area contributed by atoms with Crippen molar-refractivity contribution in [3.8, 4) is 0 Å². The van der Waals surface area contributed by atoms with Gasteiger partial charge in [0.05, 0.1) is 0 Å². The van der Waals surface area contributed by atoms with Gasteiger partial charge in [0.15, 0.2) is 0 Å². The topological polar surface area (TPSA) is 72.1 Å². The number of carbonyl (C=O) groups excluding carboxylic acids is 1. The van der Waals surface area contributed by atoms with Crippen LogP contribution in [-0.4, -0.2) is 33.9 Å². The third-order valence-corrected chi connectivity index (χ3v) is 6.73. The predicted molar refractivity (Wildman–Crippen MR) is 132 cm³/mol. The molecule has 0 bridgehead atoms. The first-order valence-corrected chi connectivity index (χ1v) is 11.6. The van der Waals surface area contributed by atoms with Gasteiger partial charge in [-0.2, -0.15) is 0 Å². The molecule has 2 N–H and O–H groups in total. The Labute approximate surface area is 194 Å². The fourth-order valence-electron chi connectivity index (χ4n) is 4.71. The number of fused-ring (bicyclic) bond motifs is 1. The van der Waals surface area contributed by atoms with Crippen LogP contribution >= 0.6 is 0 Å². The summed E-state index contributed by atoms with van der Waals surface area (Å²) < 4.78 is 0. The molecule has 0 saturated carbocycles. The molecule has 5 rings (SSSR count). The van der Waals surface area contributed by atoms with Crippen molar-refractivity contribution in [1.29, 1.82) is 0 Å². The molecule has 0 atom stereocenters. The molecule has 1 aliphatic heterocycles. The number of pyridine rings is 2. The first kappa shape index (κ1) is 21.1. The third kappa shape index (κ3) is 4.72. The van der Waals surface area contributed by atoms with Gasteiger partial charge < -0.3 is 10.6 Å². The Morgan fingerprint density at radius 3 is 2.30 bits per heavy atom. The number of rotatable bonds is 5. The second-order valence-corrected chi connectivity index (χ2v) is 8.80. The van der Waals surface area contributed by atoms with Gasteiger partial charge in [-0.3, -0.25) is 9.78 Å². The van der Waals surface area contributed by atoms with E-state index < -0.39 is 0 Å². The normalized spacial score (nSPS) is 14.5. The van der Waals surface area contributed by atoms with Crippen molar-refractivity contribution in [3.63, 3.8) is 0 Å². The Morgan fingerprint density at radius 1 is 0.879 bits per heavy atom. The molecule has 1 aliphatic rings. The highest BCUT2D eigenvalue weighted by molar-refractivity contribution is 5.94. The maximum absolute atomic E-state index is 13.0. The quantitative estimate of drug-likeness (QED) is 0.477. The van der Waals surface area contributed by atoms with Crippen LogP contribution in [0.2, 0.25) is 0 Å². The molecule has 1 saturated heterocycles. The number of aryl methyl sites for hydroxylation is 2. The van der Waals surface area contributed by atoms with Crippen molar-refractivity contribution in [3.05, 3.63) is 102 Å². The molecule has 33 heavy (non-hydrogen) atoms. The van der Waals surface area contributed by atoms with Crippen molar-refractivity contribution in [2.75, 3.05) is 18.8 Å². The van der Waals surface area contributed by atoms with Crippen molar-refractivity contribution in [2.45, 2.75) is 31.6 Å². The number of hydrogen-bond donors (Lipinski definition) is 1. The van der Waals surface area contributed by atoms with E-state index in [-0.39, 0.29) is 5.91 Å². The standard InChI is InChI=1S/C28H28N4O/c29-27-26-19-25(8-7-23(26)11-16-31-27)22-12-17-32(18-13-22)28(33)24-5-3-20(4-6-24)1-2-21-9-14-30-15-10-21/h3-11,14-16,19,22H,1-2,12-13,17-18H2,(H2,29,31). The van der Waals surface area contributed by atoms with Gasteiger partial charge in [0.1, 0.15) is 5.82 Å². The molecule has 5 heteroatoms. The van der Waals surface area contributed by atoms with Crippen molar-refractivity contribution >= 4 is 22.5 Å². The van der Waals surface area contributed by atoms with Gasteiger partial charge in [0.25, 0.3) is 5.91 Å². The summed E-state index contributed by atoms with van der Waals surface area (Å²) in [5.74, 6) is 1.14. The number of benzene rings is 2. The minimum absolute atomic E-state index is 0.126. The predicted octanol–water partition coefficient (Wildman–Crippen LogP) is 5.02. The first-order valence-electron chi connectivity index (χ1n) is 11.6. The Balaban J connectivity index is 1.19. The lowest BCUT2D eigenvalue weighted by atomic mass is 9.88. The number of likely N-dealkylation sites (tertiary alicyclic amines) is 1. The van der Waals surface area contributed by atoms with Gasteiger partial charge >= 0.3 is 0 Å². The maximum Gasteiger partial charge on any atom is 0.253 e. The summed E-state index contributed by atoms with van der Waals surface area (Å²) in [7, 11) is 0. The minimum atomic E-state index is 0.126. The number of hydrogen-bond acceptors (Lipinski definition) is 4. The van der Waals surface area contributed by atoms with Crippen LogP contribution in [0.1, 0.15) is 45.8 Å². The van der Waals surface area contributed by atoms with E-state index in [1.54, 1.807) is 6.20 Å². The summed E-state index contributed by atoms with van der Waals surface area (Å²) in [6.45, 7) is 1.54. The third-order valence-electron chi connectivity index (χ3n) is 6.73. The Hall–Kier alpha value is -3.73. The zero-order chi connectivity index (χ0) is 22.6. The van der Waals surface area contributed by atoms with Gasteiger partial charge in [0, 0.05) is 42.6 Å². The fraction of sp³-hybridized carbons (Fsp3) is 0.250. The van der Waals surface area contributed by atoms with Gasteiger partial charge in [-0.05, 0) is 90.1 Å². The summed E-state index contributed by atoms with van der Waals surface area (Å²) in [6.07, 6.45) is 9.24. The Bertz CT molecular complexity index is 1250. The van der Waals surface area contributed by atoms with Gasteiger partial charge in [-0.15, -0.1) is 0 Å². The van der Waals surface area contributed by atoms with E-state index in [1.807, 2.05) is 47.6 Å². The van der Waals surface area contributed by atoms with E-state index in [4.69, 9.17) is 5.73 Å². The van der Waals surface area contributed by atoms with Crippen LogP contribution in [-0.2, 0) is 12.8 Å². The van der Waals surface area contributed by atoms with Crippen LogP contribution in [0.3, 0.4) is 0 Å². The summed E-state index contributed by atoms with van der Waals surface area (Å²) in [6, 6.07) is 20.7.